The Bertz CT molecular complexity index is 757. The summed E-state index contributed by atoms with van der Waals surface area (Å²) in [5.74, 6) is -0.139. The number of ether oxygens (including phenoxy) is 1. The average Bonchev–Trinajstić information content (AvgIpc) is 3.19. The molecule has 0 saturated carbocycles. The number of carbonyl (C=O) groups excluding carboxylic acids is 2. The van der Waals surface area contributed by atoms with Crippen molar-refractivity contribution in [1.29, 1.82) is 0 Å². The molecule has 6 nitrogen and oxygen atoms in total. The number of nitrogens with zero attached hydrogens (tertiary/aromatic N) is 2. The van der Waals surface area contributed by atoms with Crippen molar-refractivity contribution in [3.05, 3.63) is 59.5 Å². The van der Waals surface area contributed by atoms with Gasteiger partial charge in [-0.2, -0.15) is 0 Å². The van der Waals surface area contributed by atoms with Gasteiger partial charge < -0.3 is 19.0 Å². The zero-order valence-corrected chi connectivity index (χ0v) is 15.2. The molecule has 0 radical (unpaired) electrons. The molecule has 2 heterocycles. The molecular formula is C20H24N2O4. The summed E-state index contributed by atoms with van der Waals surface area (Å²) in [5, 5.41) is 0. The van der Waals surface area contributed by atoms with Crippen molar-refractivity contribution < 1.29 is 18.7 Å². The number of carbonyl (C=O) groups is 2. The van der Waals surface area contributed by atoms with E-state index in [1.807, 2.05) is 24.0 Å². The van der Waals surface area contributed by atoms with Crippen LogP contribution in [0.5, 0.6) is 0 Å². The minimum atomic E-state index is -0.300. The molecule has 1 aliphatic rings. The highest BCUT2D eigenvalue weighted by Gasteiger charge is 2.30. The molecule has 138 valence electrons. The van der Waals surface area contributed by atoms with Gasteiger partial charge in [-0.1, -0.05) is 24.3 Å². The van der Waals surface area contributed by atoms with Crippen LogP contribution < -0.4 is 0 Å². The van der Waals surface area contributed by atoms with Gasteiger partial charge in [-0.25, -0.2) is 0 Å². The summed E-state index contributed by atoms with van der Waals surface area (Å²) in [4.78, 5) is 28.9. The Morgan fingerprint density at radius 1 is 1.27 bits per heavy atom. The first kappa shape index (κ1) is 18.2. The van der Waals surface area contributed by atoms with Crippen LogP contribution in [-0.4, -0.2) is 55.0 Å². The zero-order chi connectivity index (χ0) is 18.5. The van der Waals surface area contributed by atoms with Crippen molar-refractivity contribution in [1.82, 2.24) is 9.80 Å². The van der Waals surface area contributed by atoms with E-state index in [2.05, 4.69) is 12.1 Å². The van der Waals surface area contributed by atoms with Gasteiger partial charge in [0.15, 0.2) is 5.76 Å². The van der Waals surface area contributed by atoms with Crippen LogP contribution in [0.1, 0.15) is 34.6 Å². The van der Waals surface area contributed by atoms with E-state index < -0.39 is 0 Å². The third-order valence-electron chi connectivity index (χ3n) is 4.83. The second-order valence-corrected chi connectivity index (χ2v) is 6.41. The smallest absolute Gasteiger partial charge is 0.290 e. The van der Waals surface area contributed by atoms with Crippen LogP contribution in [0, 0.1) is 0 Å². The zero-order valence-electron chi connectivity index (χ0n) is 15.2. The van der Waals surface area contributed by atoms with Gasteiger partial charge in [-0.3, -0.25) is 9.59 Å². The molecule has 0 fully saturated rings. The summed E-state index contributed by atoms with van der Waals surface area (Å²) >= 11 is 0. The van der Waals surface area contributed by atoms with Crippen LogP contribution in [0.25, 0.3) is 0 Å². The number of rotatable bonds is 6. The predicted molar refractivity (Wildman–Crippen MR) is 96.8 cm³/mol. The lowest BCUT2D eigenvalue weighted by Crippen LogP contribution is -2.46. The molecule has 0 aliphatic carbocycles. The summed E-state index contributed by atoms with van der Waals surface area (Å²) < 4.78 is 10.3. The predicted octanol–water partition coefficient (Wildman–Crippen LogP) is 2.51. The van der Waals surface area contributed by atoms with E-state index in [1.54, 1.807) is 19.2 Å². The highest BCUT2D eigenvalue weighted by molar-refractivity contribution is 5.94. The fourth-order valence-corrected chi connectivity index (χ4v) is 3.38. The van der Waals surface area contributed by atoms with Crippen LogP contribution in [0.4, 0.5) is 0 Å². The quantitative estimate of drug-likeness (QED) is 0.798. The molecule has 0 N–H and O–H groups in total. The highest BCUT2D eigenvalue weighted by atomic mass is 16.5. The van der Waals surface area contributed by atoms with E-state index in [9.17, 15) is 9.59 Å². The number of fused-ring (bicyclic) bond motifs is 1. The monoisotopic (exact) mass is 356 g/mol. The lowest BCUT2D eigenvalue weighted by molar-refractivity contribution is -0.134. The first-order valence-corrected chi connectivity index (χ1v) is 8.80. The highest BCUT2D eigenvalue weighted by Crippen LogP contribution is 2.29. The third kappa shape index (κ3) is 3.80. The number of hydrogen-bond donors (Lipinski definition) is 0. The second-order valence-electron chi connectivity index (χ2n) is 6.41. The Morgan fingerprint density at radius 2 is 2.08 bits per heavy atom. The van der Waals surface area contributed by atoms with Crippen molar-refractivity contribution in [3.63, 3.8) is 0 Å². The third-order valence-corrected chi connectivity index (χ3v) is 4.83. The Hall–Kier alpha value is -2.60. The van der Waals surface area contributed by atoms with Crippen LogP contribution in [0.15, 0.2) is 47.1 Å². The van der Waals surface area contributed by atoms with Gasteiger partial charge in [0.1, 0.15) is 6.54 Å². The van der Waals surface area contributed by atoms with Crippen molar-refractivity contribution in [2.45, 2.75) is 19.4 Å². The Balaban J connectivity index is 1.72. The van der Waals surface area contributed by atoms with Crippen molar-refractivity contribution in [2.75, 3.05) is 33.4 Å². The Kier molecular flexibility index (Phi) is 5.73. The maximum absolute atomic E-state index is 12.9. The maximum Gasteiger partial charge on any atom is 0.290 e. The molecular weight excluding hydrogens is 332 g/mol. The second kappa shape index (κ2) is 8.19. The van der Waals surface area contributed by atoms with Gasteiger partial charge in [0.05, 0.1) is 18.9 Å². The average molecular weight is 356 g/mol. The minimum absolute atomic E-state index is 0.00422. The molecule has 26 heavy (non-hydrogen) atoms. The SMILES string of the molecule is COCCN(CC(=O)N1CCc2ccccc2C1C)C(=O)c1ccco1. The van der Waals surface area contributed by atoms with Gasteiger partial charge in [-0.15, -0.1) is 0 Å². The summed E-state index contributed by atoms with van der Waals surface area (Å²) in [5.41, 5.74) is 2.46. The normalized spacial score (nSPS) is 16.2. The molecule has 6 heteroatoms. The maximum atomic E-state index is 12.9. The van der Waals surface area contributed by atoms with Gasteiger partial charge in [-0.05, 0) is 36.6 Å². The van der Waals surface area contributed by atoms with E-state index in [-0.39, 0.29) is 30.2 Å². The molecule has 2 amide bonds. The lowest BCUT2D eigenvalue weighted by Gasteiger charge is -2.36. The van der Waals surface area contributed by atoms with Gasteiger partial charge in [0.2, 0.25) is 5.91 Å². The summed E-state index contributed by atoms with van der Waals surface area (Å²) in [7, 11) is 1.57. The van der Waals surface area contributed by atoms with Crippen LogP contribution in [-0.2, 0) is 16.0 Å². The molecule has 1 aromatic carbocycles. The van der Waals surface area contributed by atoms with E-state index >= 15 is 0 Å². The van der Waals surface area contributed by atoms with Crippen molar-refractivity contribution in [2.24, 2.45) is 0 Å². The number of methoxy groups -OCH3 is 1. The van der Waals surface area contributed by atoms with Crippen LogP contribution >= 0.6 is 0 Å². The van der Waals surface area contributed by atoms with Crippen molar-refractivity contribution >= 4 is 11.8 Å². The standard InChI is InChI=1S/C20H24N2O4/c1-15-17-7-4-3-6-16(17)9-10-22(15)19(23)14-21(11-13-25-2)20(24)18-8-5-12-26-18/h3-8,12,15H,9-11,13-14H2,1-2H3. The number of benzene rings is 1. The largest absolute Gasteiger partial charge is 0.459 e. The summed E-state index contributed by atoms with van der Waals surface area (Å²) in [6.45, 7) is 3.39. The van der Waals surface area contributed by atoms with Crippen LogP contribution in [0.2, 0.25) is 0 Å². The molecule has 3 rings (SSSR count). The molecule has 2 aromatic rings. The molecule has 0 bridgehead atoms. The molecule has 1 aliphatic heterocycles. The first-order valence-electron chi connectivity index (χ1n) is 8.80. The fourth-order valence-electron chi connectivity index (χ4n) is 3.38. The van der Waals surface area contributed by atoms with Crippen molar-refractivity contribution in [3.8, 4) is 0 Å². The number of furan rings is 1. The molecule has 0 saturated heterocycles. The van der Waals surface area contributed by atoms with E-state index in [0.717, 1.165) is 6.42 Å². The van der Waals surface area contributed by atoms with Gasteiger partial charge >= 0.3 is 0 Å². The lowest BCUT2D eigenvalue weighted by atomic mass is 9.93. The first-order chi connectivity index (χ1) is 12.6. The topological polar surface area (TPSA) is 63.0 Å². The van der Waals surface area contributed by atoms with Gasteiger partial charge in [0, 0.05) is 20.2 Å². The molecule has 1 unspecified atom stereocenters. The molecule has 0 spiro atoms. The van der Waals surface area contributed by atoms with E-state index in [4.69, 9.17) is 9.15 Å². The van der Waals surface area contributed by atoms with E-state index in [0.29, 0.717) is 19.7 Å². The summed E-state index contributed by atoms with van der Waals surface area (Å²) in [6.07, 6.45) is 2.28. The fraction of sp³-hybridized carbons (Fsp3) is 0.400. The van der Waals surface area contributed by atoms with Crippen LogP contribution in [0.3, 0.4) is 0 Å². The molecule has 1 aromatic heterocycles. The van der Waals surface area contributed by atoms with E-state index in [1.165, 1.54) is 22.3 Å². The number of hydrogen-bond acceptors (Lipinski definition) is 4. The Morgan fingerprint density at radius 3 is 2.81 bits per heavy atom. The Labute approximate surface area is 153 Å². The molecule has 1 atom stereocenters. The minimum Gasteiger partial charge on any atom is -0.459 e. The van der Waals surface area contributed by atoms with Gasteiger partial charge in [0.25, 0.3) is 5.91 Å². The summed E-state index contributed by atoms with van der Waals surface area (Å²) in [6, 6.07) is 11.5. The number of amides is 2.